The molecule has 2 heterocycles. The van der Waals surface area contributed by atoms with Gasteiger partial charge in [-0.15, -0.1) is 0 Å². The van der Waals surface area contributed by atoms with Gasteiger partial charge in [-0.05, 0) is 57.5 Å². The molecule has 156 valence electrons. The Morgan fingerprint density at radius 2 is 1.93 bits per heavy atom. The number of benzene rings is 2. The molecule has 0 aromatic heterocycles. The fourth-order valence-electron chi connectivity index (χ4n) is 4.44. The summed E-state index contributed by atoms with van der Waals surface area (Å²) in [7, 11) is 0. The number of ether oxygens (including phenoxy) is 1. The Morgan fingerprint density at radius 3 is 2.63 bits per heavy atom. The largest absolute Gasteiger partial charge is 0.462 e. The van der Waals surface area contributed by atoms with Gasteiger partial charge < -0.3 is 15.4 Å². The number of amides is 2. The van der Waals surface area contributed by atoms with Crippen molar-refractivity contribution in [3.05, 3.63) is 59.2 Å². The van der Waals surface area contributed by atoms with Gasteiger partial charge in [0.05, 0.1) is 18.1 Å². The maximum atomic E-state index is 13.3. The zero-order valence-electron chi connectivity index (χ0n) is 17.2. The summed E-state index contributed by atoms with van der Waals surface area (Å²) in [5.41, 5.74) is 2.47. The van der Waals surface area contributed by atoms with Crippen molar-refractivity contribution in [3.63, 3.8) is 0 Å². The highest BCUT2D eigenvalue weighted by Gasteiger charge is 2.59. The number of aryl methyl sites for hydroxylation is 1. The number of fused-ring (bicyclic) bond motifs is 2. The number of carbonyl (C=O) groups is 3. The molecule has 3 N–H and O–H groups in total. The van der Waals surface area contributed by atoms with Crippen LogP contribution >= 0.6 is 0 Å². The lowest BCUT2D eigenvalue weighted by atomic mass is 9.79. The van der Waals surface area contributed by atoms with Crippen molar-refractivity contribution in [3.8, 4) is 0 Å². The summed E-state index contributed by atoms with van der Waals surface area (Å²) in [6, 6.07) is 12.3. The van der Waals surface area contributed by atoms with E-state index in [1.165, 1.54) is 0 Å². The molecule has 2 amide bonds. The van der Waals surface area contributed by atoms with Crippen LogP contribution in [-0.4, -0.2) is 30.4 Å². The molecule has 0 unspecified atom stereocenters. The van der Waals surface area contributed by atoms with Crippen LogP contribution in [-0.2, 0) is 19.9 Å². The monoisotopic (exact) mass is 407 g/mol. The third kappa shape index (κ3) is 3.25. The summed E-state index contributed by atoms with van der Waals surface area (Å²) >= 11 is 0. The number of anilines is 2. The first-order valence-electron chi connectivity index (χ1n) is 10.1. The Morgan fingerprint density at radius 1 is 1.20 bits per heavy atom. The van der Waals surface area contributed by atoms with Gasteiger partial charge in [0.1, 0.15) is 5.54 Å². The van der Waals surface area contributed by atoms with Crippen LogP contribution in [0.3, 0.4) is 0 Å². The van der Waals surface area contributed by atoms with Crippen LogP contribution in [0, 0.1) is 12.8 Å². The molecule has 30 heavy (non-hydrogen) atoms. The highest BCUT2D eigenvalue weighted by Crippen LogP contribution is 2.47. The lowest BCUT2D eigenvalue weighted by molar-refractivity contribution is -0.130. The lowest BCUT2D eigenvalue weighted by Crippen LogP contribution is -2.52. The molecule has 0 radical (unpaired) electrons. The van der Waals surface area contributed by atoms with Gasteiger partial charge in [-0.1, -0.05) is 17.7 Å². The molecule has 2 aliphatic rings. The van der Waals surface area contributed by atoms with E-state index in [-0.39, 0.29) is 17.9 Å². The van der Waals surface area contributed by atoms with Gasteiger partial charge >= 0.3 is 5.97 Å². The van der Waals surface area contributed by atoms with Gasteiger partial charge in [0.2, 0.25) is 11.8 Å². The fourth-order valence-corrected chi connectivity index (χ4v) is 4.44. The average molecular weight is 407 g/mol. The van der Waals surface area contributed by atoms with Crippen LogP contribution in [0.15, 0.2) is 42.5 Å². The molecule has 0 aliphatic carbocycles. The number of rotatable bonds is 4. The van der Waals surface area contributed by atoms with Crippen molar-refractivity contribution in [1.82, 2.24) is 5.32 Å². The topological polar surface area (TPSA) is 96.5 Å². The Balaban J connectivity index is 1.60. The first-order valence-corrected chi connectivity index (χ1v) is 10.1. The minimum Gasteiger partial charge on any atom is -0.462 e. The van der Waals surface area contributed by atoms with Gasteiger partial charge in [-0.25, -0.2) is 4.79 Å². The molecule has 1 fully saturated rings. The SMILES string of the molecule is CCOC(=O)c1ccc(NC(=O)[C@H]2C[C@H](C)N[C@]23C(=O)Nc2ccc(C)cc23)cc1. The van der Waals surface area contributed by atoms with E-state index in [2.05, 4.69) is 16.0 Å². The number of hydrogen-bond donors (Lipinski definition) is 3. The highest BCUT2D eigenvalue weighted by atomic mass is 16.5. The van der Waals surface area contributed by atoms with E-state index in [9.17, 15) is 14.4 Å². The van der Waals surface area contributed by atoms with Crippen LogP contribution in [0.5, 0.6) is 0 Å². The zero-order valence-corrected chi connectivity index (χ0v) is 17.2. The number of nitrogens with one attached hydrogen (secondary N) is 3. The highest BCUT2D eigenvalue weighted by molar-refractivity contribution is 6.10. The molecule has 0 bridgehead atoms. The summed E-state index contributed by atoms with van der Waals surface area (Å²) in [5.74, 6) is -1.41. The van der Waals surface area contributed by atoms with Crippen molar-refractivity contribution in [2.24, 2.45) is 5.92 Å². The van der Waals surface area contributed by atoms with Crippen molar-refractivity contribution < 1.29 is 19.1 Å². The molecule has 7 nitrogen and oxygen atoms in total. The van der Waals surface area contributed by atoms with E-state index in [1.807, 2.05) is 32.0 Å². The molecule has 1 spiro atoms. The Hall–Kier alpha value is -3.19. The lowest BCUT2D eigenvalue weighted by Gasteiger charge is -2.29. The molecular weight excluding hydrogens is 382 g/mol. The zero-order chi connectivity index (χ0) is 21.5. The Labute approximate surface area is 175 Å². The average Bonchev–Trinajstić information content (AvgIpc) is 3.20. The normalized spacial score (nSPS) is 24.4. The second-order valence-corrected chi connectivity index (χ2v) is 7.93. The molecule has 3 atom stereocenters. The van der Waals surface area contributed by atoms with Crippen molar-refractivity contribution in [2.45, 2.75) is 38.8 Å². The summed E-state index contributed by atoms with van der Waals surface area (Å²) < 4.78 is 4.98. The molecule has 4 rings (SSSR count). The van der Waals surface area contributed by atoms with E-state index in [1.54, 1.807) is 31.2 Å². The smallest absolute Gasteiger partial charge is 0.338 e. The van der Waals surface area contributed by atoms with Gasteiger partial charge in [0.15, 0.2) is 0 Å². The third-order valence-electron chi connectivity index (χ3n) is 5.77. The van der Waals surface area contributed by atoms with Crippen molar-refractivity contribution in [2.75, 3.05) is 17.2 Å². The van der Waals surface area contributed by atoms with E-state index >= 15 is 0 Å². The van der Waals surface area contributed by atoms with E-state index in [0.717, 1.165) is 16.8 Å². The van der Waals surface area contributed by atoms with Crippen LogP contribution in [0.2, 0.25) is 0 Å². The van der Waals surface area contributed by atoms with Gasteiger partial charge in [0.25, 0.3) is 0 Å². The van der Waals surface area contributed by atoms with Gasteiger partial charge in [0, 0.05) is 23.0 Å². The predicted octanol–water partition coefficient (Wildman–Crippen LogP) is 2.96. The summed E-state index contributed by atoms with van der Waals surface area (Å²) in [6.07, 6.45) is 0.535. The third-order valence-corrected chi connectivity index (χ3v) is 5.77. The Kier molecular flexibility index (Phi) is 5.07. The predicted molar refractivity (Wildman–Crippen MR) is 113 cm³/mol. The van der Waals surface area contributed by atoms with Crippen LogP contribution < -0.4 is 16.0 Å². The van der Waals surface area contributed by atoms with E-state index in [0.29, 0.717) is 24.3 Å². The minimum absolute atomic E-state index is 0.00384. The first kappa shape index (κ1) is 20.1. The summed E-state index contributed by atoms with van der Waals surface area (Å²) in [4.78, 5) is 38.1. The van der Waals surface area contributed by atoms with E-state index in [4.69, 9.17) is 4.74 Å². The standard InChI is InChI=1S/C23H25N3O4/c1-4-30-21(28)15-6-8-16(9-7-15)24-20(27)18-12-14(3)26-23(18)17-11-13(2)5-10-19(17)25-22(23)29/h5-11,14,18,26H,4,12H2,1-3H3,(H,24,27)(H,25,29)/t14-,18+,23-/m0/s1. The van der Waals surface area contributed by atoms with Crippen LogP contribution in [0.1, 0.15) is 41.8 Å². The second-order valence-electron chi connectivity index (χ2n) is 7.93. The van der Waals surface area contributed by atoms with Gasteiger partial charge in [-0.3, -0.25) is 14.9 Å². The fraction of sp³-hybridized carbons (Fsp3) is 0.348. The minimum atomic E-state index is -1.09. The molecule has 0 saturated carbocycles. The first-order chi connectivity index (χ1) is 14.3. The molecule has 1 saturated heterocycles. The molecular formula is C23H25N3O4. The maximum Gasteiger partial charge on any atom is 0.338 e. The van der Waals surface area contributed by atoms with Crippen molar-refractivity contribution >= 4 is 29.2 Å². The number of hydrogen-bond acceptors (Lipinski definition) is 5. The molecule has 7 heteroatoms. The molecule has 2 aliphatic heterocycles. The molecule has 2 aromatic rings. The van der Waals surface area contributed by atoms with Crippen molar-refractivity contribution in [1.29, 1.82) is 0 Å². The van der Waals surface area contributed by atoms with Gasteiger partial charge in [-0.2, -0.15) is 0 Å². The summed E-state index contributed by atoms with van der Waals surface area (Å²) in [6.45, 7) is 5.99. The quantitative estimate of drug-likeness (QED) is 0.677. The van der Waals surface area contributed by atoms with E-state index < -0.39 is 17.4 Å². The summed E-state index contributed by atoms with van der Waals surface area (Å²) in [5, 5.41) is 9.22. The number of esters is 1. The van der Waals surface area contributed by atoms with Crippen LogP contribution in [0.4, 0.5) is 11.4 Å². The number of carbonyl (C=O) groups excluding carboxylic acids is 3. The van der Waals surface area contributed by atoms with Crippen LogP contribution in [0.25, 0.3) is 0 Å². The molecule has 2 aromatic carbocycles. The Bertz CT molecular complexity index is 1020. The second kappa shape index (κ2) is 7.57. The maximum absolute atomic E-state index is 13.3.